The molecule has 1 atom stereocenters. The Labute approximate surface area is 150 Å². The number of hydrogen-bond acceptors (Lipinski definition) is 5. The molecular weight excluding hydrogens is 318 g/mol. The van der Waals surface area contributed by atoms with E-state index in [1.807, 2.05) is 13.8 Å². The molecule has 1 aromatic heterocycles. The summed E-state index contributed by atoms with van der Waals surface area (Å²) in [5.74, 6) is 1.59. The standard InChI is InChI=1S/C19H31N3O3/c1-14-18(15(2)25-20-14)4-5-19(23)22(12-16-8-11-24-13-16)17-6-9-21(3)10-7-17/h16-17H,4-13H2,1-3H3. The molecule has 0 saturated carbocycles. The fraction of sp³-hybridized carbons (Fsp3) is 0.789. The van der Waals surface area contributed by atoms with Gasteiger partial charge in [0.1, 0.15) is 5.76 Å². The van der Waals surface area contributed by atoms with Gasteiger partial charge < -0.3 is 19.1 Å². The van der Waals surface area contributed by atoms with Gasteiger partial charge in [-0.2, -0.15) is 0 Å². The summed E-state index contributed by atoms with van der Waals surface area (Å²) in [5, 5.41) is 4.00. The average molecular weight is 349 g/mol. The molecule has 140 valence electrons. The maximum atomic E-state index is 13.1. The minimum Gasteiger partial charge on any atom is -0.381 e. The molecule has 1 aromatic rings. The van der Waals surface area contributed by atoms with Crippen LogP contribution < -0.4 is 0 Å². The summed E-state index contributed by atoms with van der Waals surface area (Å²) in [6.07, 6.45) is 4.45. The maximum Gasteiger partial charge on any atom is 0.223 e. The normalized spacial score (nSPS) is 22.4. The van der Waals surface area contributed by atoms with Crippen molar-refractivity contribution in [2.24, 2.45) is 5.92 Å². The van der Waals surface area contributed by atoms with Gasteiger partial charge in [-0.25, -0.2) is 0 Å². The molecule has 0 spiro atoms. The summed E-state index contributed by atoms with van der Waals surface area (Å²) in [4.78, 5) is 17.6. The first kappa shape index (κ1) is 18.4. The van der Waals surface area contributed by atoms with Gasteiger partial charge in [0, 0.05) is 37.1 Å². The van der Waals surface area contributed by atoms with E-state index >= 15 is 0 Å². The SMILES string of the molecule is Cc1noc(C)c1CCC(=O)N(CC1CCOC1)C1CCN(C)CC1. The first-order valence-corrected chi connectivity index (χ1v) is 9.52. The number of likely N-dealkylation sites (tertiary alicyclic amines) is 1. The van der Waals surface area contributed by atoms with Crippen molar-refractivity contribution in [3.8, 4) is 0 Å². The second-order valence-electron chi connectivity index (χ2n) is 7.61. The molecule has 6 nitrogen and oxygen atoms in total. The molecule has 0 N–H and O–H groups in total. The average Bonchev–Trinajstić information content (AvgIpc) is 3.22. The van der Waals surface area contributed by atoms with E-state index in [1.165, 1.54) is 0 Å². The number of piperidine rings is 1. The highest BCUT2D eigenvalue weighted by atomic mass is 16.5. The van der Waals surface area contributed by atoms with Crippen LogP contribution in [-0.4, -0.2) is 66.8 Å². The van der Waals surface area contributed by atoms with Crippen molar-refractivity contribution in [2.45, 2.75) is 52.0 Å². The van der Waals surface area contributed by atoms with Crippen LogP contribution in [0, 0.1) is 19.8 Å². The third-order valence-electron chi connectivity index (χ3n) is 5.70. The van der Waals surface area contributed by atoms with Crippen LogP contribution in [0.1, 0.15) is 42.7 Å². The van der Waals surface area contributed by atoms with Gasteiger partial charge in [0.25, 0.3) is 0 Å². The number of nitrogens with zero attached hydrogens (tertiary/aromatic N) is 3. The van der Waals surface area contributed by atoms with E-state index in [0.717, 1.165) is 69.1 Å². The predicted octanol–water partition coefficient (Wildman–Crippen LogP) is 2.18. The molecule has 0 bridgehead atoms. The Kier molecular flexibility index (Phi) is 6.12. The lowest BCUT2D eigenvalue weighted by Crippen LogP contribution is -2.48. The number of ether oxygens (including phenoxy) is 1. The smallest absolute Gasteiger partial charge is 0.223 e. The van der Waals surface area contributed by atoms with Crippen LogP contribution in [0.4, 0.5) is 0 Å². The molecule has 1 amide bonds. The van der Waals surface area contributed by atoms with Gasteiger partial charge in [-0.3, -0.25) is 4.79 Å². The fourth-order valence-electron chi connectivity index (χ4n) is 4.00. The zero-order chi connectivity index (χ0) is 17.8. The number of carbonyl (C=O) groups excluding carboxylic acids is 1. The van der Waals surface area contributed by atoms with Crippen molar-refractivity contribution in [3.63, 3.8) is 0 Å². The van der Waals surface area contributed by atoms with E-state index < -0.39 is 0 Å². The molecule has 2 fully saturated rings. The van der Waals surface area contributed by atoms with Gasteiger partial charge in [-0.05, 0) is 59.7 Å². The van der Waals surface area contributed by atoms with Gasteiger partial charge in [-0.1, -0.05) is 5.16 Å². The minimum atomic E-state index is 0.265. The zero-order valence-corrected chi connectivity index (χ0v) is 15.8. The monoisotopic (exact) mass is 349 g/mol. The molecule has 3 rings (SSSR count). The molecule has 2 saturated heterocycles. The molecule has 3 heterocycles. The fourth-order valence-corrected chi connectivity index (χ4v) is 4.00. The van der Waals surface area contributed by atoms with Crippen molar-refractivity contribution >= 4 is 5.91 Å². The molecule has 0 radical (unpaired) electrons. The van der Waals surface area contributed by atoms with Crippen LogP contribution in [0.25, 0.3) is 0 Å². The van der Waals surface area contributed by atoms with Gasteiger partial charge in [0.15, 0.2) is 0 Å². The largest absolute Gasteiger partial charge is 0.381 e. The van der Waals surface area contributed by atoms with Gasteiger partial charge in [0.05, 0.1) is 12.3 Å². The number of aromatic nitrogens is 1. The number of carbonyl (C=O) groups is 1. The highest BCUT2D eigenvalue weighted by Crippen LogP contribution is 2.23. The van der Waals surface area contributed by atoms with E-state index in [0.29, 0.717) is 24.8 Å². The maximum absolute atomic E-state index is 13.1. The Morgan fingerprint density at radius 1 is 1.28 bits per heavy atom. The van der Waals surface area contributed by atoms with Crippen LogP contribution in [-0.2, 0) is 16.0 Å². The Hall–Kier alpha value is -1.40. The van der Waals surface area contributed by atoms with Gasteiger partial charge in [-0.15, -0.1) is 0 Å². The molecule has 6 heteroatoms. The van der Waals surface area contributed by atoms with Crippen LogP contribution in [0.15, 0.2) is 4.52 Å². The van der Waals surface area contributed by atoms with Gasteiger partial charge >= 0.3 is 0 Å². The first-order chi connectivity index (χ1) is 12.0. The third kappa shape index (κ3) is 4.61. The van der Waals surface area contributed by atoms with Crippen molar-refractivity contribution in [1.82, 2.24) is 15.0 Å². The second-order valence-corrected chi connectivity index (χ2v) is 7.61. The lowest BCUT2D eigenvalue weighted by molar-refractivity contribution is -0.135. The lowest BCUT2D eigenvalue weighted by atomic mass is 9.99. The molecule has 2 aliphatic heterocycles. The summed E-state index contributed by atoms with van der Waals surface area (Å²) >= 11 is 0. The third-order valence-corrected chi connectivity index (χ3v) is 5.70. The van der Waals surface area contributed by atoms with E-state index in [1.54, 1.807) is 0 Å². The molecule has 25 heavy (non-hydrogen) atoms. The summed E-state index contributed by atoms with van der Waals surface area (Å²) in [6, 6.07) is 0.369. The predicted molar refractivity (Wildman–Crippen MR) is 95.5 cm³/mol. The highest BCUT2D eigenvalue weighted by molar-refractivity contribution is 5.77. The Bertz CT molecular complexity index is 553. The van der Waals surface area contributed by atoms with Crippen molar-refractivity contribution in [2.75, 3.05) is 39.9 Å². The number of hydrogen-bond donors (Lipinski definition) is 0. The minimum absolute atomic E-state index is 0.265. The number of amides is 1. The van der Waals surface area contributed by atoms with E-state index in [2.05, 4.69) is 22.0 Å². The van der Waals surface area contributed by atoms with Crippen LogP contribution in [0.3, 0.4) is 0 Å². The second kappa shape index (κ2) is 8.32. The summed E-state index contributed by atoms with van der Waals surface area (Å²) in [7, 11) is 2.16. The Morgan fingerprint density at radius 3 is 2.64 bits per heavy atom. The number of aryl methyl sites for hydroxylation is 2. The molecule has 2 aliphatic rings. The summed E-state index contributed by atoms with van der Waals surface area (Å²) < 4.78 is 10.8. The molecule has 1 unspecified atom stereocenters. The van der Waals surface area contributed by atoms with Crippen molar-refractivity contribution < 1.29 is 14.1 Å². The van der Waals surface area contributed by atoms with E-state index in [4.69, 9.17) is 9.26 Å². The molecular formula is C19H31N3O3. The van der Waals surface area contributed by atoms with E-state index in [-0.39, 0.29) is 5.91 Å². The zero-order valence-electron chi connectivity index (χ0n) is 15.8. The lowest BCUT2D eigenvalue weighted by Gasteiger charge is -2.38. The van der Waals surface area contributed by atoms with Crippen LogP contribution in [0.2, 0.25) is 0 Å². The van der Waals surface area contributed by atoms with Crippen molar-refractivity contribution in [3.05, 3.63) is 17.0 Å². The summed E-state index contributed by atoms with van der Waals surface area (Å²) in [5.41, 5.74) is 1.99. The summed E-state index contributed by atoms with van der Waals surface area (Å²) in [6.45, 7) is 8.47. The topological polar surface area (TPSA) is 58.8 Å². The Morgan fingerprint density at radius 2 is 2.04 bits per heavy atom. The van der Waals surface area contributed by atoms with Crippen LogP contribution in [0.5, 0.6) is 0 Å². The van der Waals surface area contributed by atoms with E-state index in [9.17, 15) is 4.79 Å². The van der Waals surface area contributed by atoms with Gasteiger partial charge in [0.2, 0.25) is 5.91 Å². The van der Waals surface area contributed by atoms with Crippen molar-refractivity contribution in [1.29, 1.82) is 0 Å². The van der Waals surface area contributed by atoms with Crippen LogP contribution >= 0.6 is 0 Å². The number of rotatable bonds is 6. The molecule has 0 aliphatic carbocycles. The Balaban J connectivity index is 1.63. The quantitative estimate of drug-likeness (QED) is 0.788. The first-order valence-electron chi connectivity index (χ1n) is 9.52. The highest BCUT2D eigenvalue weighted by Gasteiger charge is 2.30. The molecule has 0 aromatic carbocycles.